The van der Waals surface area contributed by atoms with Crippen LogP contribution in [0.15, 0.2) is 28.9 Å². The number of hydrogen-bond acceptors (Lipinski definition) is 0. The molecule has 1 heterocycles. The second kappa shape index (κ2) is 2.38. The highest BCUT2D eigenvalue weighted by Crippen LogP contribution is 2.24. The molecule has 0 aliphatic carbocycles. The molecule has 0 bridgehead atoms. The topological polar surface area (TPSA) is 15.8 Å². The number of aromatic amines is 1. The lowest BCUT2D eigenvalue weighted by atomic mass is 10.2. The van der Waals surface area contributed by atoms with E-state index in [9.17, 15) is 0 Å². The van der Waals surface area contributed by atoms with E-state index in [4.69, 9.17) is 1.41 Å². The standard InChI is InChI=1S/C9H8BrN/c1-6-7-4-2-3-5-8(7)11-9(6)10/h2-5,11H,1H3/i/hT. The maximum absolute atomic E-state index is 7.68. The fourth-order valence-electron chi connectivity index (χ4n) is 1.19. The Hall–Kier alpha value is -0.760. The lowest BCUT2D eigenvalue weighted by Crippen LogP contribution is -1.65. The summed E-state index contributed by atoms with van der Waals surface area (Å²) >= 11 is 3.37. The van der Waals surface area contributed by atoms with Gasteiger partial charge in [0.25, 0.3) is 0 Å². The minimum absolute atomic E-state index is 0.837. The van der Waals surface area contributed by atoms with E-state index in [1.807, 2.05) is 31.2 Å². The molecule has 0 atom stereocenters. The summed E-state index contributed by atoms with van der Waals surface area (Å²) in [4.78, 5) is 1.41. The molecule has 0 aliphatic rings. The molecule has 0 saturated carbocycles. The summed E-state index contributed by atoms with van der Waals surface area (Å²) in [6.07, 6.45) is 0. The third kappa shape index (κ3) is 0.979. The molecule has 2 heteroatoms. The van der Waals surface area contributed by atoms with Crippen molar-refractivity contribution in [2.75, 3.05) is 0 Å². The van der Waals surface area contributed by atoms with E-state index in [0.29, 0.717) is 0 Å². The van der Waals surface area contributed by atoms with E-state index < -0.39 is 0 Å². The van der Waals surface area contributed by atoms with E-state index in [-0.39, 0.29) is 0 Å². The molecular weight excluding hydrogens is 202 g/mol. The van der Waals surface area contributed by atoms with Crippen LogP contribution in [0.1, 0.15) is 5.56 Å². The van der Waals surface area contributed by atoms with Crippen LogP contribution in [0.25, 0.3) is 10.9 Å². The number of fused-ring (bicyclic) bond motifs is 1. The first-order valence-electron chi connectivity index (χ1n) is 3.91. The Labute approximate surface area is 75.0 Å². The maximum Gasteiger partial charge on any atom is 0.167 e. The van der Waals surface area contributed by atoms with Gasteiger partial charge in [-0.15, -0.1) is 0 Å². The van der Waals surface area contributed by atoms with E-state index in [2.05, 4.69) is 15.9 Å². The molecule has 11 heavy (non-hydrogen) atoms. The predicted molar refractivity (Wildman–Crippen MR) is 50.7 cm³/mol. The smallest absolute Gasteiger partial charge is 0.167 e. The number of benzene rings is 1. The fourth-order valence-corrected chi connectivity index (χ4v) is 1.59. The molecular formula is C9H8BrN. The number of aromatic nitrogens is 1. The molecule has 0 saturated heterocycles. The van der Waals surface area contributed by atoms with Gasteiger partial charge in [0.1, 0.15) is 0 Å². The quantitative estimate of drug-likeness (QED) is 0.689. The summed E-state index contributed by atoms with van der Waals surface area (Å²) in [5, 5.41) is 1.14. The highest BCUT2D eigenvalue weighted by Gasteiger charge is 2.01. The predicted octanol–water partition coefficient (Wildman–Crippen LogP) is 3.24. The molecule has 0 spiro atoms. The zero-order valence-corrected chi connectivity index (χ0v) is 7.72. The van der Waals surface area contributed by atoms with E-state index in [1.54, 1.807) is 0 Å². The first kappa shape index (κ1) is 5.84. The van der Waals surface area contributed by atoms with Crippen molar-refractivity contribution < 1.29 is 1.41 Å². The van der Waals surface area contributed by atoms with Crippen LogP contribution < -0.4 is 0 Å². The molecule has 0 aliphatic heterocycles. The first-order chi connectivity index (χ1) is 5.72. The number of rotatable bonds is 0. The average molecular weight is 212 g/mol. The summed E-state index contributed by atoms with van der Waals surface area (Å²) in [7, 11) is 0. The zero-order chi connectivity index (χ0) is 8.72. The number of halogens is 1. The molecule has 1 nitrogen and oxygen atoms in total. The van der Waals surface area contributed by atoms with Crippen molar-refractivity contribution in [2.24, 2.45) is 0 Å². The van der Waals surface area contributed by atoms with Crippen LogP contribution in [0.3, 0.4) is 0 Å². The van der Waals surface area contributed by atoms with Gasteiger partial charge in [-0.3, -0.25) is 0 Å². The fraction of sp³-hybridized carbons (Fsp3) is 0.111. The van der Waals surface area contributed by atoms with Crippen LogP contribution >= 0.6 is 15.9 Å². The Balaban J connectivity index is 2.99. The van der Waals surface area contributed by atoms with Crippen LogP contribution in [0.2, 0.25) is 1.41 Å². The van der Waals surface area contributed by atoms with E-state index in [1.165, 1.54) is 4.98 Å². The van der Waals surface area contributed by atoms with Gasteiger partial charge in [0, 0.05) is 10.9 Å². The summed E-state index contributed by atoms with van der Waals surface area (Å²) < 4.78 is 8.52. The third-order valence-electron chi connectivity index (χ3n) is 1.84. The Morgan fingerprint density at radius 3 is 2.91 bits per heavy atom. The molecule has 0 unspecified atom stereocenters. The van der Waals surface area contributed by atoms with Crippen molar-refractivity contribution in [2.45, 2.75) is 6.92 Å². The van der Waals surface area contributed by atoms with Gasteiger partial charge in [-0.1, -0.05) is 18.2 Å². The molecule has 0 radical (unpaired) electrons. The third-order valence-corrected chi connectivity index (χ3v) is 2.61. The van der Waals surface area contributed by atoms with Crippen LogP contribution in [0.5, 0.6) is 0 Å². The van der Waals surface area contributed by atoms with Gasteiger partial charge in [0.05, 0.1) is 4.60 Å². The lowest BCUT2D eigenvalue weighted by molar-refractivity contribution is 1.36. The number of para-hydroxylation sites is 1. The van der Waals surface area contributed by atoms with Crippen molar-refractivity contribution in [3.8, 4) is 0 Å². The van der Waals surface area contributed by atoms with Crippen LogP contribution in [-0.4, -0.2) is 4.98 Å². The van der Waals surface area contributed by atoms with Gasteiger partial charge in [-0.25, -0.2) is 0 Å². The summed E-state index contributed by atoms with van der Waals surface area (Å²) in [5.74, 6) is 0. The second-order valence-corrected chi connectivity index (χ2v) is 3.30. The van der Waals surface area contributed by atoms with Gasteiger partial charge >= 0.3 is 0 Å². The molecule has 2 aromatic rings. The SMILES string of the molecule is [3H]n1c(Br)c(C)c2ccccc21. The van der Waals surface area contributed by atoms with Crippen molar-refractivity contribution in [1.29, 1.82) is 0 Å². The molecule has 1 N–H and O–H groups in total. The van der Waals surface area contributed by atoms with Crippen LogP contribution in [-0.2, 0) is 0 Å². The van der Waals surface area contributed by atoms with E-state index >= 15 is 0 Å². The van der Waals surface area contributed by atoms with Gasteiger partial charge in [-0.05, 0) is 34.5 Å². The van der Waals surface area contributed by atoms with Gasteiger partial charge in [0.15, 0.2) is 1.41 Å². The monoisotopic (exact) mass is 211 g/mol. The Morgan fingerprint density at radius 1 is 1.45 bits per heavy atom. The Bertz CT molecular complexity index is 394. The minimum Gasteiger partial charge on any atom is -0.349 e. The normalized spacial score (nSPS) is 12.0. The van der Waals surface area contributed by atoms with Crippen molar-refractivity contribution in [3.05, 3.63) is 34.4 Å². The number of nitrogens with one attached hydrogen (secondary N) is 1. The maximum atomic E-state index is 7.68. The average Bonchev–Trinajstić information content (AvgIpc) is 2.33. The van der Waals surface area contributed by atoms with Crippen LogP contribution in [0, 0.1) is 6.92 Å². The number of aryl methyl sites for hydroxylation is 1. The van der Waals surface area contributed by atoms with Gasteiger partial charge in [-0.2, -0.15) is 0 Å². The number of hydrogen-bond donors (Lipinski definition) is 1. The van der Waals surface area contributed by atoms with Gasteiger partial charge < -0.3 is 4.98 Å². The second-order valence-electron chi connectivity index (χ2n) is 2.54. The summed E-state index contributed by atoms with van der Waals surface area (Å²) in [6, 6.07) is 7.90. The molecule has 1 aromatic carbocycles. The minimum atomic E-state index is 0.837. The van der Waals surface area contributed by atoms with E-state index in [0.717, 1.165) is 21.1 Å². The molecule has 0 fully saturated rings. The largest absolute Gasteiger partial charge is 0.349 e. The van der Waals surface area contributed by atoms with Crippen molar-refractivity contribution >= 4 is 26.8 Å². The van der Waals surface area contributed by atoms with Crippen molar-refractivity contribution in [1.82, 2.24) is 4.98 Å². The van der Waals surface area contributed by atoms with Crippen LogP contribution in [0.4, 0.5) is 0 Å². The lowest BCUT2D eigenvalue weighted by Gasteiger charge is -1.87. The first-order valence-corrected chi connectivity index (χ1v) is 4.26. The van der Waals surface area contributed by atoms with Crippen molar-refractivity contribution in [3.63, 3.8) is 0 Å². The molecule has 56 valence electrons. The highest BCUT2D eigenvalue weighted by molar-refractivity contribution is 9.10. The molecule has 2 rings (SSSR count). The number of H-pyrrole nitrogens is 1. The molecule has 0 amide bonds. The highest BCUT2D eigenvalue weighted by atomic mass is 79.9. The summed E-state index contributed by atoms with van der Waals surface area (Å²) in [5.41, 5.74) is 2.07. The Morgan fingerprint density at radius 2 is 2.18 bits per heavy atom. The zero-order valence-electron chi connectivity index (χ0n) is 7.13. The summed E-state index contributed by atoms with van der Waals surface area (Å²) in [6.45, 7) is 2.01. The van der Waals surface area contributed by atoms with Gasteiger partial charge in [0.2, 0.25) is 0 Å². The molecule has 1 aromatic heterocycles. The Kier molecular flexibility index (Phi) is 1.26.